The first kappa shape index (κ1) is 20.3. The zero-order valence-electron chi connectivity index (χ0n) is 17.0. The summed E-state index contributed by atoms with van der Waals surface area (Å²) in [6.07, 6.45) is 2.79. The van der Waals surface area contributed by atoms with Gasteiger partial charge in [0.15, 0.2) is 5.78 Å². The number of ketones is 1. The number of allylic oxidation sites excluding steroid dienone is 3. The number of carbonyl (C=O) groups is 2. The maximum atomic E-state index is 14.0. The van der Waals surface area contributed by atoms with E-state index in [2.05, 4.69) is 19.2 Å². The van der Waals surface area contributed by atoms with Crippen LogP contribution in [0.2, 0.25) is 0 Å². The molecule has 1 aliphatic heterocycles. The zero-order chi connectivity index (χ0) is 20.5. The van der Waals surface area contributed by atoms with Crippen LogP contribution >= 0.6 is 0 Å². The summed E-state index contributed by atoms with van der Waals surface area (Å²) in [6.45, 7) is 8.28. The van der Waals surface area contributed by atoms with Crippen molar-refractivity contribution in [3.8, 4) is 0 Å². The molecule has 2 aliphatic rings. The lowest BCUT2D eigenvalue weighted by atomic mass is 9.68. The predicted octanol–water partition coefficient (Wildman–Crippen LogP) is 4.77. The molecule has 5 heteroatoms. The molecule has 0 bridgehead atoms. The number of Topliss-reactive ketones (excluding diaryl/α,β-unsaturated/α-hetero) is 1. The second kappa shape index (κ2) is 7.90. The fourth-order valence-electron chi connectivity index (χ4n) is 4.11. The van der Waals surface area contributed by atoms with E-state index in [1.807, 2.05) is 13.8 Å². The molecule has 1 N–H and O–H groups in total. The Morgan fingerprint density at radius 3 is 2.75 bits per heavy atom. The van der Waals surface area contributed by atoms with Crippen LogP contribution in [0.5, 0.6) is 0 Å². The first-order valence-electron chi connectivity index (χ1n) is 9.90. The first-order chi connectivity index (χ1) is 13.2. The molecular weight excluding hydrogens is 357 g/mol. The van der Waals surface area contributed by atoms with Crippen LogP contribution in [0.4, 0.5) is 4.39 Å². The summed E-state index contributed by atoms with van der Waals surface area (Å²) in [4.78, 5) is 26.0. The number of unbranched alkanes of at least 4 members (excludes halogenated alkanes) is 1. The number of hydrogen-bond donors (Lipinski definition) is 1. The first-order valence-corrected chi connectivity index (χ1v) is 9.90. The Hall–Kier alpha value is -2.43. The molecule has 1 aliphatic carbocycles. The molecule has 1 atom stereocenters. The fourth-order valence-corrected chi connectivity index (χ4v) is 4.11. The molecule has 0 aromatic heterocycles. The third-order valence-corrected chi connectivity index (χ3v) is 5.37. The molecule has 0 fully saturated rings. The lowest BCUT2D eigenvalue weighted by Crippen LogP contribution is -2.38. The Kier molecular flexibility index (Phi) is 5.73. The molecule has 0 amide bonds. The topological polar surface area (TPSA) is 55.4 Å². The normalized spacial score (nSPS) is 21.3. The monoisotopic (exact) mass is 385 g/mol. The molecule has 150 valence electrons. The number of halogens is 1. The fraction of sp³-hybridized carbons (Fsp3) is 0.478. The number of carbonyl (C=O) groups excluding carboxylic acids is 2. The summed E-state index contributed by atoms with van der Waals surface area (Å²) in [5.74, 6) is -1.45. The summed E-state index contributed by atoms with van der Waals surface area (Å²) >= 11 is 0. The average molecular weight is 385 g/mol. The van der Waals surface area contributed by atoms with Gasteiger partial charge in [-0.2, -0.15) is 0 Å². The van der Waals surface area contributed by atoms with Crippen molar-refractivity contribution in [2.45, 2.75) is 59.3 Å². The summed E-state index contributed by atoms with van der Waals surface area (Å²) < 4.78 is 19.5. The van der Waals surface area contributed by atoms with Crippen molar-refractivity contribution in [2.24, 2.45) is 5.41 Å². The molecule has 1 aromatic rings. The lowest BCUT2D eigenvalue weighted by Gasteiger charge is -2.39. The summed E-state index contributed by atoms with van der Waals surface area (Å²) in [6, 6.07) is 6.14. The minimum Gasteiger partial charge on any atom is -0.462 e. The van der Waals surface area contributed by atoms with Crippen molar-refractivity contribution >= 4 is 11.8 Å². The Labute approximate surface area is 165 Å². The van der Waals surface area contributed by atoms with E-state index in [1.54, 1.807) is 12.1 Å². The van der Waals surface area contributed by atoms with E-state index < -0.39 is 17.7 Å². The van der Waals surface area contributed by atoms with Gasteiger partial charge in [0.05, 0.1) is 12.2 Å². The highest BCUT2D eigenvalue weighted by molar-refractivity contribution is 6.04. The van der Waals surface area contributed by atoms with Gasteiger partial charge in [-0.3, -0.25) is 4.79 Å². The molecule has 4 nitrogen and oxygen atoms in total. The van der Waals surface area contributed by atoms with Gasteiger partial charge in [0.2, 0.25) is 0 Å². The molecule has 1 heterocycles. The highest BCUT2D eigenvalue weighted by Gasteiger charge is 2.43. The molecule has 0 spiro atoms. The van der Waals surface area contributed by atoms with Crippen molar-refractivity contribution in [3.63, 3.8) is 0 Å². The summed E-state index contributed by atoms with van der Waals surface area (Å²) in [5, 5.41) is 3.28. The van der Waals surface area contributed by atoms with E-state index >= 15 is 0 Å². The Bertz CT molecular complexity index is 866. The molecule has 1 aromatic carbocycles. The zero-order valence-corrected chi connectivity index (χ0v) is 17.0. The van der Waals surface area contributed by atoms with Crippen LogP contribution in [-0.4, -0.2) is 18.4 Å². The third kappa shape index (κ3) is 4.03. The number of hydrogen-bond acceptors (Lipinski definition) is 4. The highest BCUT2D eigenvalue weighted by Crippen LogP contribution is 2.46. The van der Waals surface area contributed by atoms with E-state index in [9.17, 15) is 14.0 Å². The number of esters is 1. The number of nitrogens with one attached hydrogen (secondary N) is 1. The van der Waals surface area contributed by atoms with Crippen molar-refractivity contribution in [3.05, 3.63) is 58.2 Å². The van der Waals surface area contributed by atoms with Gasteiger partial charge >= 0.3 is 5.97 Å². The molecule has 1 unspecified atom stereocenters. The van der Waals surface area contributed by atoms with Crippen LogP contribution in [0.1, 0.15) is 64.9 Å². The van der Waals surface area contributed by atoms with Gasteiger partial charge in [0.25, 0.3) is 0 Å². The van der Waals surface area contributed by atoms with Crippen LogP contribution in [0.25, 0.3) is 0 Å². The van der Waals surface area contributed by atoms with E-state index in [-0.39, 0.29) is 11.2 Å². The van der Waals surface area contributed by atoms with Gasteiger partial charge in [-0.25, -0.2) is 9.18 Å². The van der Waals surface area contributed by atoms with E-state index in [0.717, 1.165) is 18.5 Å². The van der Waals surface area contributed by atoms with Crippen LogP contribution in [0.15, 0.2) is 46.8 Å². The second-order valence-corrected chi connectivity index (χ2v) is 8.47. The standard InChI is InChI=1S/C23H28FNO3/c1-5-6-10-28-22(27)19-14(2)25-17-12-23(3,4)13-18(26)21(17)20(19)15-8-7-9-16(24)11-15/h7-9,11,20,25H,5-6,10,12-13H2,1-4H3. The van der Waals surface area contributed by atoms with E-state index in [4.69, 9.17) is 4.74 Å². The van der Waals surface area contributed by atoms with Crippen molar-refractivity contribution in [1.82, 2.24) is 5.32 Å². The minimum absolute atomic E-state index is 0.000584. The Morgan fingerprint density at radius 1 is 1.32 bits per heavy atom. The quantitative estimate of drug-likeness (QED) is 0.586. The van der Waals surface area contributed by atoms with Crippen LogP contribution in [0.3, 0.4) is 0 Å². The smallest absolute Gasteiger partial charge is 0.336 e. The molecule has 0 saturated carbocycles. The average Bonchev–Trinajstić information content (AvgIpc) is 2.59. The Morgan fingerprint density at radius 2 is 2.07 bits per heavy atom. The molecule has 0 saturated heterocycles. The third-order valence-electron chi connectivity index (χ3n) is 5.37. The lowest BCUT2D eigenvalue weighted by molar-refractivity contribution is -0.139. The van der Waals surface area contributed by atoms with E-state index in [0.29, 0.717) is 41.9 Å². The van der Waals surface area contributed by atoms with Crippen molar-refractivity contribution in [2.75, 3.05) is 6.61 Å². The van der Waals surface area contributed by atoms with Gasteiger partial charge in [0.1, 0.15) is 5.82 Å². The second-order valence-electron chi connectivity index (χ2n) is 8.47. The Balaban J connectivity index is 2.09. The summed E-state index contributed by atoms with van der Waals surface area (Å²) in [7, 11) is 0. The summed E-state index contributed by atoms with van der Waals surface area (Å²) in [5.41, 5.74) is 2.91. The maximum Gasteiger partial charge on any atom is 0.336 e. The molecule has 0 radical (unpaired) electrons. The SMILES string of the molecule is CCCCOC(=O)C1=C(C)NC2=C(C(=O)CC(C)(C)C2)C1c1cccc(F)c1. The van der Waals surface area contributed by atoms with Crippen molar-refractivity contribution in [1.29, 1.82) is 0 Å². The van der Waals surface area contributed by atoms with Crippen molar-refractivity contribution < 1.29 is 18.7 Å². The van der Waals surface area contributed by atoms with Gasteiger partial charge in [-0.15, -0.1) is 0 Å². The maximum absolute atomic E-state index is 14.0. The van der Waals surface area contributed by atoms with Crippen LogP contribution < -0.4 is 5.32 Å². The largest absolute Gasteiger partial charge is 0.462 e. The van der Waals surface area contributed by atoms with Crippen LogP contribution in [-0.2, 0) is 14.3 Å². The van der Waals surface area contributed by atoms with E-state index in [1.165, 1.54) is 12.1 Å². The van der Waals surface area contributed by atoms with Crippen LogP contribution in [0, 0.1) is 11.2 Å². The van der Waals surface area contributed by atoms with Gasteiger partial charge in [-0.1, -0.05) is 39.3 Å². The van der Waals surface area contributed by atoms with Gasteiger partial charge in [-0.05, 0) is 42.9 Å². The molecule has 28 heavy (non-hydrogen) atoms. The minimum atomic E-state index is -0.607. The molecular formula is C23H28FNO3. The number of dihydropyridines is 1. The predicted molar refractivity (Wildman–Crippen MR) is 106 cm³/mol. The van der Waals surface area contributed by atoms with Gasteiger partial charge in [0, 0.05) is 29.3 Å². The number of benzene rings is 1. The highest BCUT2D eigenvalue weighted by atomic mass is 19.1. The number of ether oxygens (including phenoxy) is 1. The number of rotatable bonds is 5. The van der Waals surface area contributed by atoms with Gasteiger partial charge < -0.3 is 10.1 Å². The molecule has 3 rings (SSSR count).